The molecule has 2 rings (SSSR count). The maximum Gasteiger partial charge on any atom is 0.175 e. The van der Waals surface area contributed by atoms with Crippen LogP contribution in [0.3, 0.4) is 0 Å². The molecule has 0 aromatic heterocycles. The van der Waals surface area contributed by atoms with Crippen LogP contribution in [0.25, 0.3) is 0 Å². The third-order valence-corrected chi connectivity index (χ3v) is 4.39. The molecule has 0 amide bonds. The third-order valence-electron chi connectivity index (χ3n) is 3.28. The molecule has 4 heteroatoms. The normalized spacial score (nSPS) is 25.6. The Morgan fingerprint density at radius 3 is 2.59 bits per heavy atom. The van der Waals surface area contributed by atoms with E-state index in [1.54, 1.807) is 18.2 Å². The number of benzene rings is 1. The monoisotopic (exact) mass is 254 g/mol. The van der Waals surface area contributed by atoms with Crippen LogP contribution < -0.4 is 0 Å². The van der Waals surface area contributed by atoms with Crippen molar-refractivity contribution in [2.24, 2.45) is 0 Å². The lowest BCUT2D eigenvalue weighted by Crippen LogP contribution is -2.03. The second-order valence-corrected chi connectivity index (χ2v) is 6.88. The number of ether oxygens (including phenoxy) is 1. The molecule has 1 heterocycles. The van der Waals surface area contributed by atoms with Crippen molar-refractivity contribution in [2.75, 3.05) is 6.26 Å². The lowest BCUT2D eigenvalue weighted by molar-refractivity contribution is 0.362. The van der Waals surface area contributed by atoms with Gasteiger partial charge in [0.1, 0.15) is 0 Å². The highest BCUT2D eigenvalue weighted by molar-refractivity contribution is 7.90. The smallest absolute Gasteiger partial charge is 0.175 e. The van der Waals surface area contributed by atoms with Crippen molar-refractivity contribution in [3.8, 4) is 0 Å². The topological polar surface area (TPSA) is 46.7 Å². The summed E-state index contributed by atoms with van der Waals surface area (Å²) in [6, 6.07) is 7.20. The van der Waals surface area contributed by atoms with Crippen LogP contribution in [0.1, 0.15) is 31.7 Å². The van der Waals surface area contributed by atoms with Gasteiger partial charge in [0, 0.05) is 6.26 Å². The molecule has 94 valence electrons. The predicted molar refractivity (Wildman–Crippen MR) is 66.9 cm³/mol. The van der Waals surface area contributed by atoms with Gasteiger partial charge in [-0.25, -0.2) is 8.42 Å². The van der Waals surface area contributed by atoms with E-state index in [2.05, 4.69) is 13.8 Å². The Balaban J connectivity index is 2.15. The first kappa shape index (κ1) is 12.6. The lowest BCUT2D eigenvalue weighted by Gasteiger charge is -2.11. The first-order valence-electron chi connectivity index (χ1n) is 5.83. The molecule has 0 radical (unpaired) electrons. The molecule has 0 N–H and O–H groups in total. The summed E-state index contributed by atoms with van der Waals surface area (Å²) in [7, 11) is -3.11. The van der Waals surface area contributed by atoms with Crippen molar-refractivity contribution in [2.45, 2.75) is 43.3 Å². The minimum atomic E-state index is -3.11. The average molecular weight is 254 g/mol. The molecule has 3 unspecified atom stereocenters. The van der Waals surface area contributed by atoms with Gasteiger partial charge >= 0.3 is 0 Å². The molecule has 3 atom stereocenters. The number of hydrogen-bond donors (Lipinski definition) is 0. The standard InChI is InChI=1S/C13H18O3S/c1-9(7-13-10(2)16-13)11-5-4-6-12(8-11)17(3,14)15/h4-6,8-10,13H,7H2,1-3H3. The SMILES string of the molecule is CC(CC1OC1C)c1cccc(S(C)(=O)=O)c1. The van der Waals surface area contributed by atoms with E-state index < -0.39 is 9.84 Å². The van der Waals surface area contributed by atoms with Crippen LogP contribution in [0.15, 0.2) is 29.2 Å². The van der Waals surface area contributed by atoms with Gasteiger partial charge in [0.25, 0.3) is 0 Å². The molecule has 0 aliphatic carbocycles. The van der Waals surface area contributed by atoms with Crippen LogP contribution in [0, 0.1) is 0 Å². The van der Waals surface area contributed by atoms with E-state index >= 15 is 0 Å². The fourth-order valence-corrected chi connectivity index (χ4v) is 2.69. The molecule has 0 bridgehead atoms. The fourth-order valence-electron chi connectivity index (χ4n) is 2.01. The molecule has 1 aromatic carbocycles. The van der Waals surface area contributed by atoms with Crippen LogP contribution >= 0.6 is 0 Å². The van der Waals surface area contributed by atoms with Gasteiger partial charge in [-0.2, -0.15) is 0 Å². The second-order valence-electron chi connectivity index (χ2n) is 4.86. The Labute approximate surface area is 103 Å². The summed E-state index contributed by atoms with van der Waals surface area (Å²) in [5, 5.41) is 0. The largest absolute Gasteiger partial charge is 0.370 e. The van der Waals surface area contributed by atoms with E-state index in [-0.39, 0.29) is 0 Å². The summed E-state index contributed by atoms with van der Waals surface area (Å²) in [6.07, 6.45) is 2.89. The quantitative estimate of drug-likeness (QED) is 0.775. The van der Waals surface area contributed by atoms with Crippen molar-refractivity contribution in [3.63, 3.8) is 0 Å². The van der Waals surface area contributed by atoms with Gasteiger partial charge in [0.05, 0.1) is 17.1 Å². The first-order valence-corrected chi connectivity index (χ1v) is 7.72. The maximum atomic E-state index is 11.5. The highest BCUT2D eigenvalue weighted by atomic mass is 32.2. The zero-order chi connectivity index (χ0) is 12.6. The summed E-state index contributed by atoms with van der Waals surface area (Å²) in [5.74, 6) is 0.326. The van der Waals surface area contributed by atoms with Crippen molar-refractivity contribution in [1.29, 1.82) is 0 Å². The van der Waals surface area contributed by atoms with Crippen LogP contribution in [0.2, 0.25) is 0 Å². The van der Waals surface area contributed by atoms with E-state index in [1.807, 2.05) is 6.07 Å². The number of rotatable bonds is 4. The molecular formula is C13H18O3S. The summed E-state index contributed by atoms with van der Waals surface area (Å²) < 4.78 is 28.3. The minimum absolute atomic E-state index is 0.326. The predicted octanol–water partition coefficient (Wildman–Crippen LogP) is 2.37. The van der Waals surface area contributed by atoms with Gasteiger partial charge in [-0.3, -0.25) is 0 Å². The zero-order valence-electron chi connectivity index (χ0n) is 10.4. The fraction of sp³-hybridized carbons (Fsp3) is 0.538. The van der Waals surface area contributed by atoms with Gasteiger partial charge in [-0.1, -0.05) is 19.1 Å². The van der Waals surface area contributed by atoms with Gasteiger partial charge < -0.3 is 4.74 Å². The van der Waals surface area contributed by atoms with Crippen molar-refractivity contribution >= 4 is 9.84 Å². The Hall–Kier alpha value is -0.870. The van der Waals surface area contributed by atoms with Crippen molar-refractivity contribution in [3.05, 3.63) is 29.8 Å². The zero-order valence-corrected chi connectivity index (χ0v) is 11.2. The van der Waals surface area contributed by atoms with E-state index in [9.17, 15) is 8.42 Å². The highest BCUT2D eigenvalue weighted by Gasteiger charge is 2.35. The molecule has 3 nitrogen and oxygen atoms in total. The van der Waals surface area contributed by atoms with Gasteiger partial charge in [-0.05, 0) is 37.0 Å². The Bertz CT molecular complexity index is 507. The van der Waals surface area contributed by atoms with Crippen LogP contribution in [0.4, 0.5) is 0 Å². The van der Waals surface area contributed by atoms with Gasteiger partial charge in [-0.15, -0.1) is 0 Å². The highest BCUT2D eigenvalue weighted by Crippen LogP contribution is 2.32. The summed E-state index contributed by atoms with van der Waals surface area (Å²) in [4.78, 5) is 0.395. The number of epoxide rings is 1. The molecule has 1 saturated heterocycles. The minimum Gasteiger partial charge on any atom is -0.370 e. The second kappa shape index (κ2) is 4.42. The van der Waals surface area contributed by atoms with E-state index in [1.165, 1.54) is 6.26 Å². The Morgan fingerprint density at radius 1 is 1.41 bits per heavy atom. The maximum absolute atomic E-state index is 11.5. The van der Waals surface area contributed by atoms with Crippen LogP contribution in [-0.2, 0) is 14.6 Å². The third kappa shape index (κ3) is 3.07. The molecule has 1 aliphatic rings. The van der Waals surface area contributed by atoms with Crippen LogP contribution in [0.5, 0.6) is 0 Å². The Morgan fingerprint density at radius 2 is 2.06 bits per heavy atom. The van der Waals surface area contributed by atoms with Crippen molar-refractivity contribution < 1.29 is 13.2 Å². The first-order chi connectivity index (χ1) is 7.88. The van der Waals surface area contributed by atoms with E-state index in [0.717, 1.165) is 12.0 Å². The number of sulfone groups is 1. The number of hydrogen-bond acceptors (Lipinski definition) is 3. The molecular weight excluding hydrogens is 236 g/mol. The van der Waals surface area contributed by atoms with Crippen molar-refractivity contribution in [1.82, 2.24) is 0 Å². The van der Waals surface area contributed by atoms with E-state index in [4.69, 9.17) is 4.74 Å². The Kier molecular flexibility index (Phi) is 3.27. The molecule has 1 fully saturated rings. The summed E-state index contributed by atoms with van der Waals surface area (Å²) in [6.45, 7) is 4.17. The summed E-state index contributed by atoms with van der Waals surface area (Å²) >= 11 is 0. The average Bonchev–Trinajstić information content (AvgIpc) is 2.93. The van der Waals surface area contributed by atoms with Gasteiger partial charge in [0.2, 0.25) is 0 Å². The van der Waals surface area contributed by atoms with Crippen LogP contribution in [-0.4, -0.2) is 26.9 Å². The molecule has 0 spiro atoms. The molecule has 1 aliphatic heterocycles. The lowest BCUT2D eigenvalue weighted by atomic mass is 9.95. The molecule has 17 heavy (non-hydrogen) atoms. The van der Waals surface area contributed by atoms with Gasteiger partial charge in [0.15, 0.2) is 9.84 Å². The summed E-state index contributed by atoms with van der Waals surface area (Å²) in [5.41, 5.74) is 1.07. The van der Waals surface area contributed by atoms with E-state index in [0.29, 0.717) is 23.0 Å². The molecule has 0 saturated carbocycles. The molecule has 1 aromatic rings.